The van der Waals surface area contributed by atoms with Gasteiger partial charge in [-0.05, 0) is 24.3 Å². The smallest absolute Gasteiger partial charge is 0.409 e. The predicted molar refractivity (Wildman–Crippen MR) is 109 cm³/mol. The SMILES string of the molecule is COC(=O)N1CCN(c2noc(-c3ccc(C=N)c(NC4CN(C)C4)c3)n2)CC1. The maximum absolute atomic E-state index is 11.6. The van der Waals surface area contributed by atoms with E-state index in [-0.39, 0.29) is 6.09 Å². The molecule has 4 rings (SSSR count). The Bertz CT molecular complexity index is 886. The van der Waals surface area contributed by atoms with Gasteiger partial charge in [0.15, 0.2) is 0 Å². The van der Waals surface area contributed by atoms with E-state index in [1.165, 1.54) is 13.3 Å². The van der Waals surface area contributed by atoms with Gasteiger partial charge < -0.3 is 34.7 Å². The molecule has 0 saturated carbocycles. The number of benzene rings is 1. The van der Waals surface area contributed by atoms with Crippen molar-refractivity contribution in [3.63, 3.8) is 0 Å². The molecule has 1 aromatic carbocycles. The van der Waals surface area contributed by atoms with Gasteiger partial charge in [0.25, 0.3) is 11.8 Å². The van der Waals surface area contributed by atoms with Gasteiger partial charge in [0.05, 0.1) is 13.2 Å². The number of likely N-dealkylation sites (tertiary alicyclic amines) is 1. The quantitative estimate of drug-likeness (QED) is 0.725. The summed E-state index contributed by atoms with van der Waals surface area (Å²) in [6.07, 6.45) is 1.02. The summed E-state index contributed by atoms with van der Waals surface area (Å²) in [6.45, 7) is 4.28. The molecular formula is C19H25N7O3. The number of rotatable bonds is 5. The highest BCUT2D eigenvalue weighted by Gasteiger charge is 2.26. The lowest BCUT2D eigenvalue weighted by molar-refractivity contribution is 0.121. The molecule has 2 aliphatic heterocycles. The van der Waals surface area contributed by atoms with Crippen molar-refractivity contribution < 1.29 is 14.1 Å². The number of aromatic nitrogens is 2. The first-order valence-electron chi connectivity index (χ1n) is 9.59. The largest absolute Gasteiger partial charge is 0.453 e. The summed E-state index contributed by atoms with van der Waals surface area (Å²) in [7, 11) is 3.47. The molecule has 2 N–H and O–H groups in total. The fraction of sp³-hybridized carbons (Fsp3) is 0.474. The van der Waals surface area contributed by atoms with Gasteiger partial charge in [-0.15, -0.1) is 0 Å². The van der Waals surface area contributed by atoms with E-state index in [0.717, 1.165) is 29.9 Å². The zero-order chi connectivity index (χ0) is 20.4. The first kappa shape index (κ1) is 19.2. The second kappa shape index (κ2) is 8.08. The van der Waals surface area contributed by atoms with Crippen molar-refractivity contribution in [3.8, 4) is 11.5 Å². The van der Waals surface area contributed by atoms with Crippen molar-refractivity contribution in [2.24, 2.45) is 0 Å². The van der Waals surface area contributed by atoms with Gasteiger partial charge in [-0.25, -0.2) is 4.79 Å². The van der Waals surface area contributed by atoms with Crippen molar-refractivity contribution >= 4 is 23.9 Å². The maximum atomic E-state index is 11.6. The molecule has 0 radical (unpaired) electrons. The van der Waals surface area contributed by atoms with Crippen LogP contribution < -0.4 is 10.2 Å². The normalized spacial score (nSPS) is 17.7. The van der Waals surface area contributed by atoms with Gasteiger partial charge in [-0.3, -0.25) is 0 Å². The number of amides is 1. The summed E-state index contributed by atoms with van der Waals surface area (Å²) in [5, 5.41) is 15.2. The lowest BCUT2D eigenvalue weighted by Gasteiger charge is -2.37. The average Bonchev–Trinajstić information content (AvgIpc) is 3.22. The second-order valence-electron chi connectivity index (χ2n) is 7.35. The molecule has 1 aromatic heterocycles. The zero-order valence-electron chi connectivity index (χ0n) is 16.6. The number of hydrogen-bond donors (Lipinski definition) is 2. The number of likely N-dealkylation sites (N-methyl/N-ethyl adjacent to an activating group) is 1. The van der Waals surface area contributed by atoms with Crippen LogP contribution in [0.25, 0.3) is 11.5 Å². The van der Waals surface area contributed by atoms with Crippen molar-refractivity contribution in [2.75, 3.05) is 63.6 Å². The lowest BCUT2D eigenvalue weighted by atomic mass is 10.1. The lowest BCUT2D eigenvalue weighted by Crippen LogP contribution is -2.52. The molecule has 0 atom stereocenters. The molecule has 10 heteroatoms. The summed E-state index contributed by atoms with van der Waals surface area (Å²) >= 11 is 0. The van der Waals surface area contributed by atoms with Crippen LogP contribution in [0.2, 0.25) is 0 Å². The third kappa shape index (κ3) is 4.02. The topological polar surface area (TPSA) is 111 Å². The highest BCUT2D eigenvalue weighted by atomic mass is 16.5. The van der Waals surface area contributed by atoms with E-state index in [0.29, 0.717) is 44.1 Å². The van der Waals surface area contributed by atoms with E-state index < -0.39 is 0 Å². The zero-order valence-corrected chi connectivity index (χ0v) is 16.6. The third-order valence-corrected chi connectivity index (χ3v) is 5.29. The molecule has 154 valence electrons. The minimum Gasteiger partial charge on any atom is -0.453 e. The first-order chi connectivity index (χ1) is 14.1. The van der Waals surface area contributed by atoms with Crippen LogP contribution in [0.3, 0.4) is 0 Å². The minimum absolute atomic E-state index is 0.317. The van der Waals surface area contributed by atoms with Crippen LogP contribution in [0.1, 0.15) is 5.56 Å². The molecule has 2 saturated heterocycles. The Morgan fingerprint density at radius 1 is 1.31 bits per heavy atom. The highest BCUT2D eigenvalue weighted by Crippen LogP contribution is 2.27. The van der Waals surface area contributed by atoms with Crippen LogP contribution in [0, 0.1) is 5.41 Å². The van der Waals surface area contributed by atoms with Gasteiger partial charge in [0.2, 0.25) is 0 Å². The predicted octanol–water partition coefficient (Wildman–Crippen LogP) is 1.35. The van der Waals surface area contributed by atoms with Crippen LogP contribution in [0.4, 0.5) is 16.4 Å². The van der Waals surface area contributed by atoms with E-state index in [2.05, 4.69) is 27.4 Å². The van der Waals surface area contributed by atoms with Gasteiger partial charge in [0.1, 0.15) is 0 Å². The Morgan fingerprint density at radius 3 is 2.72 bits per heavy atom. The number of hydrogen-bond acceptors (Lipinski definition) is 9. The van der Waals surface area contributed by atoms with Gasteiger partial charge in [0, 0.05) is 62.3 Å². The number of nitrogens with zero attached hydrogens (tertiary/aromatic N) is 5. The van der Waals surface area contributed by atoms with E-state index in [9.17, 15) is 4.79 Å². The van der Waals surface area contributed by atoms with Crippen LogP contribution in [-0.2, 0) is 4.74 Å². The summed E-state index contributed by atoms with van der Waals surface area (Å²) in [5.41, 5.74) is 2.52. The number of carbonyl (C=O) groups excluding carboxylic acids is 1. The highest BCUT2D eigenvalue weighted by molar-refractivity contribution is 5.87. The van der Waals surface area contributed by atoms with Gasteiger partial charge >= 0.3 is 6.09 Å². The molecule has 2 fully saturated rings. The monoisotopic (exact) mass is 399 g/mol. The first-order valence-corrected chi connectivity index (χ1v) is 9.59. The molecule has 1 amide bonds. The fourth-order valence-corrected chi connectivity index (χ4v) is 3.63. The molecule has 2 aliphatic rings. The number of nitrogens with one attached hydrogen (secondary N) is 2. The Labute approximate surface area is 168 Å². The van der Waals surface area contributed by atoms with E-state index in [1.807, 2.05) is 23.1 Å². The molecule has 3 heterocycles. The summed E-state index contributed by atoms with van der Waals surface area (Å²) in [6, 6.07) is 6.08. The molecular weight excluding hydrogens is 374 g/mol. The molecule has 0 unspecified atom stereocenters. The molecule has 0 spiro atoms. The van der Waals surface area contributed by atoms with E-state index in [4.69, 9.17) is 14.7 Å². The standard InChI is InChI=1S/C19H25N7O3/c1-24-11-15(12-24)21-16-9-13(3-4-14(16)10-20)17-22-18(23-29-17)25-5-7-26(8-6-25)19(27)28-2/h3-4,9-10,15,20-21H,5-8,11-12H2,1-2H3. The van der Waals surface area contributed by atoms with Crippen molar-refractivity contribution in [3.05, 3.63) is 23.8 Å². The molecule has 2 aromatic rings. The third-order valence-electron chi connectivity index (χ3n) is 5.29. The van der Waals surface area contributed by atoms with Gasteiger partial charge in [-0.1, -0.05) is 6.07 Å². The van der Waals surface area contributed by atoms with Crippen molar-refractivity contribution in [1.82, 2.24) is 19.9 Å². The average molecular weight is 399 g/mol. The van der Waals surface area contributed by atoms with Crippen LogP contribution >= 0.6 is 0 Å². The summed E-state index contributed by atoms with van der Waals surface area (Å²) < 4.78 is 10.3. The van der Waals surface area contributed by atoms with Crippen LogP contribution in [-0.4, -0.2) is 91.7 Å². The minimum atomic E-state index is -0.317. The van der Waals surface area contributed by atoms with Gasteiger partial charge in [-0.2, -0.15) is 4.98 Å². The van der Waals surface area contributed by atoms with E-state index in [1.54, 1.807) is 4.90 Å². The second-order valence-corrected chi connectivity index (χ2v) is 7.35. The number of ether oxygens (including phenoxy) is 1. The number of methoxy groups -OCH3 is 1. The van der Waals surface area contributed by atoms with Crippen LogP contribution in [0.5, 0.6) is 0 Å². The van der Waals surface area contributed by atoms with E-state index >= 15 is 0 Å². The maximum Gasteiger partial charge on any atom is 0.409 e. The van der Waals surface area contributed by atoms with Crippen molar-refractivity contribution in [2.45, 2.75) is 6.04 Å². The summed E-state index contributed by atoms with van der Waals surface area (Å²) in [5.74, 6) is 0.941. The van der Waals surface area contributed by atoms with Crippen molar-refractivity contribution in [1.29, 1.82) is 5.41 Å². The number of anilines is 2. The molecule has 10 nitrogen and oxygen atoms in total. The number of carbonyl (C=O) groups is 1. The molecule has 0 aliphatic carbocycles. The fourth-order valence-electron chi connectivity index (χ4n) is 3.63. The Hall–Kier alpha value is -3.14. The molecule has 29 heavy (non-hydrogen) atoms. The summed E-state index contributed by atoms with van der Waals surface area (Å²) in [4.78, 5) is 22.0. The van der Waals surface area contributed by atoms with Crippen LogP contribution in [0.15, 0.2) is 22.7 Å². The Kier molecular flexibility index (Phi) is 5.34. The Morgan fingerprint density at radius 2 is 2.07 bits per heavy atom. The molecule has 0 bridgehead atoms. The number of piperazine rings is 1. The Balaban J connectivity index is 1.46.